The Morgan fingerprint density at radius 2 is 1.81 bits per heavy atom. The second-order valence-corrected chi connectivity index (χ2v) is 3.66. The van der Waals surface area contributed by atoms with Crippen LogP contribution >= 0.6 is 0 Å². The minimum absolute atomic E-state index is 0.0178. The molecule has 0 spiro atoms. The Morgan fingerprint density at radius 1 is 1.25 bits per heavy atom. The van der Waals surface area contributed by atoms with Crippen LogP contribution in [0.15, 0.2) is 24.3 Å². The quantitative estimate of drug-likeness (QED) is 0.716. The first-order valence-electron chi connectivity index (χ1n) is 5.35. The smallest absolute Gasteiger partial charge is 0.172 e. The standard InChI is InChI=1S/C13H16O3/c1-4-13(15)10(3)16-12-7-5-11(6-8-12)9(2)14/h5-8,10H,4H2,1-3H3. The molecule has 1 atom stereocenters. The van der Waals surface area contributed by atoms with Gasteiger partial charge in [0, 0.05) is 12.0 Å². The topological polar surface area (TPSA) is 43.4 Å². The molecule has 0 aromatic heterocycles. The van der Waals surface area contributed by atoms with E-state index < -0.39 is 6.10 Å². The van der Waals surface area contributed by atoms with Crippen molar-refractivity contribution in [3.63, 3.8) is 0 Å². The van der Waals surface area contributed by atoms with E-state index in [-0.39, 0.29) is 11.6 Å². The van der Waals surface area contributed by atoms with Crippen molar-refractivity contribution in [2.24, 2.45) is 0 Å². The average molecular weight is 220 g/mol. The Bertz CT molecular complexity index is 379. The van der Waals surface area contributed by atoms with Crippen LogP contribution in [0.25, 0.3) is 0 Å². The van der Waals surface area contributed by atoms with Crippen molar-refractivity contribution >= 4 is 11.6 Å². The van der Waals surface area contributed by atoms with Crippen molar-refractivity contribution in [2.75, 3.05) is 0 Å². The Morgan fingerprint density at radius 3 is 2.25 bits per heavy atom. The first-order valence-corrected chi connectivity index (χ1v) is 5.35. The lowest BCUT2D eigenvalue weighted by Crippen LogP contribution is -2.22. The Hall–Kier alpha value is -1.64. The van der Waals surface area contributed by atoms with Gasteiger partial charge in [-0.3, -0.25) is 9.59 Å². The van der Waals surface area contributed by atoms with Gasteiger partial charge in [-0.2, -0.15) is 0 Å². The molecule has 0 saturated carbocycles. The van der Waals surface area contributed by atoms with Gasteiger partial charge in [-0.25, -0.2) is 0 Å². The minimum atomic E-state index is -0.437. The van der Waals surface area contributed by atoms with Crippen LogP contribution in [0, 0.1) is 0 Å². The summed E-state index contributed by atoms with van der Waals surface area (Å²) < 4.78 is 5.44. The number of ketones is 2. The van der Waals surface area contributed by atoms with Gasteiger partial charge in [-0.15, -0.1) is 0 Å². The van der Waals surface area contributed by atoms with Crippen LogP contribution < -0.4 is 4.74 Å². The van der Waals surface area contributed by atoms with Gasteiger partial charge in [0.05, 0.1) is 0 Å². The minimum Gasteiger partial charge on any atom is -0.483 e. The van der Waals surface area contributed by atoms with Crippen molar-refractivity contribution in [1.82, 2.24) is 0 Å². The average Bonchev–Trinajstić information content (AvgIpc) is 2.28. The summed E-state index contributed by atoms with van der Waals surface area (Å²) in [5, 5.41) is 0. The number of ether oxygens (including phenoxy) is 1. The molecule has 1 aromatic rings. The summed E-state index contributed by atoms with van der Waals surface area (Å²) in [6.45, 7) is 5.05. The third kappa shape index (κ3) is 3.19. The zero-order valence-corrected chi connectivity index (χ0v) is 9.82. The highest BCUT2D eigenvalue weighted by molar-refractivity contribution is 5.94. The van der Waals surface area contributed by atoms with E-state index in [0.717, 1.165) is 0 Å². The molecular formula is C13H16O3. The first kappa shape index (κ1) is 12.4. The number of carbonyl (C=O) groups excluding carboxylic acids is 2. The third-order valence-corrected chi connectivity index (χ3v) is 2.38. The summed E-state index contributed by atoms with van der Waals surface area (Å²) in [5.41, 5.74) is 0.641. The second kappa shape index (κ2) is 5.45. The Kier molecular flexibility index (Phi) is 4.23. The van der Waals surface area contributed by atoms with Crippen LogP contribution in [0.1, 0.15) is 37.6 Å². The molecule has 0 bridgehead atoms. The fourth-order valence-electron chi connectivity index (χ4n) is 1.33. The predicted octanol–water partition coefficient (Wildman–Crippen LogP) is 2.64. The number of benzene rings is 1. The van der Waals surface area contributed by atoms with Crippen LogP contribution in [0.2, 0.25) is 0 Å². The molecule has 1 rings (SSSR count). The molecule has 0 aliphatic rings. The summed E-state index contributed by atoms with van der Waals surface area (Å²) in [6, 6.07) is 6.80. The molecule has 0 aliphatic heterocycles. The van der Waals surface area contributed by atoms with Crippen molar-refractivity contribution < 1.29 is 14.3 Å². The van der Waals surface area contributed by atoms with E-state index >= 15 is 0 Å². The molecule has 0 radical (unpaired) electrons. The summed E-state index contributed by atoms with van der Waals surface area (Å²) in [5.74, 6) is 0.694. The highest BCUT2D eigenvalue weighted by Gasteiger charge is 2.12. The first-order chi connectivity index (χ1) is 7.54. The Balaban J connectivity index is 2.68. The third-order valence-electron chi connectivity index (χ3n) is 2.38. The molecule has 0 saturated heterocycles. The molecule has 1 aromatic carbocycles. The molecule has 3 nitrogen and oxygen atoms in total. The largest absolute Gasteiger partial charge is 0.483 e. The van der Waals surface area contributed by atoms with Gasteiger partial charge in [0.25, 0.3) is 0 Å². The molecule has 16 heavy (non-hydrogen) atoms. The fraction of sp³-hybridized carbons (Fsp3) is 0.385. The lowest BCUT2D eigenvalue weighted by atomic mass is 10.1. The van der Waals surface area contributed by atoms with E-state index in [9.17, 15) is 9.59 Å². The van der Waals surface area contributed by atoms with E-state index in [1.807, 2.05) is 0 Å². The summed E-state index contributed by atoms with van der Waals surface area (Å²) in [6.07, 6.45) is 0.0281. The number of rotatable bonds is 5. The van der Waals surface area contributed by atoms with Crippen LogP contribution in [0.5, 0.6) is 5.75 Å². The molecule has 0 fully saturated rings. The molecule has 3 heteroatoms. The zero-order valence-electron chi connectivity index (χ0n) is 9.82. The molecule has 0 heterocycles. The SMILES string of the molecule is CCC(=O)C(C)Oc1ccc(C(C)=O)cc1. The van der Waals surface area contributed by atoms with E-state index in [1.54, 1.807) is 38.1 Å². The van der Waals surface area contributed by atoms with Crippen molar-refractivity contribution in [3.05, 3.63) is 29.8 Å². The highest BCUT2D eigenvalue weighted by Crippen LogP contribution is 2.14. The summed E-state index contributed by atoms with van der Waals surface area (Å²) >= 11 is 0. The lowest BCUT2D eigenvalue weighted by molar-refractivity contribution is -0.124. The van der Waals surface area contributed by atoms with E-state index in [1.165, 1.54) is 6.92 Å². The number of Topliss-reactive ketones (excluding diaryl/α,β-unsaturated/α-hetero) is 2. The molecule has 1 unspecified atom stereocenters. The van der Waals surface area contributed by atoms with E-state index in [4.69, 9.17) is 4.74 Å². The van der Waals surface area contributed by atoms with Gasteiger partial charge in [0.2, 0.25) is 0 Å². The van der Waals surface area contributed by atoms with Gasteiger partial charge in [-0.05, 0) is 38.1 Å². The van der Waals surface area contributed by atoms with Crippen molar-refractivity contribution in [1.29, 1.82) is 0 Å². The van der Waals surface area contributed by atoms with Gasteiger partial charge < -0.3 is 4.74 Å². The second-order valence-electron chi connectivity index (χ2n) is 3.66. The van der Waals surface area contributed by atoms with Crippen LogP contribution in [-0.4, -0.2) is 17.7 Å². The van der Waals surface area contributed by atoms with Crippen LogP contribution in [0.4, 0.5) is 0 Å². The van der Waals surface area contributed by atoms with Crippen LogP contribution in [-0.2, 0) is 4.79 Å². The normalized spacial score (nSPS) is 11.9. The molecular weight excluding hydrogens is 204 g/mol. The maximum Gasteiger partial charge on any atom is 0.172 e. The summed E-state index contributed by atoms with van der Waals surface area (Å²) in [4.78, 5) is 22.4. The zero-order chi connectivity index (χ0) is 12.1. The van der Waals surface area contributed by atoms with E-state index in [2.05, 4.69) is 0 Å². The molecule has 86 valence electrons. The predicted molar refractivity (Wildman–Crippen MR) is 61.8 cm³/mol. The van der Waals surface area contributed by atoms with Gasteiger partial charge in [0.1, 0.15) is 5.75 Å². The van der Waals surface area contributed by atoms with Gasteiger partial charge in [0.15, 0.2) is 17.7 Å². The summed E-state index contributed by atoms with van der Waals surface area (Å²) in [7, 11) is 0. The van der Waals surface area contributed by atoms with E-state index in [0.29, 0.717) is 17.7 Å². The van der Waals surface area contributed by atoms with Gasteiger partial charge >= 0.3 is 0 Å². The van der Waals surface area contributed by atoms with Crippen LogP contribution in [0.3, 0.4) is 0 Å². The number of hydrogen-bond donors (Lipinski definition) is 0. The lowest BCUT2D eigenvalue weighted by Gasteiger charge is -2.12. The Labute approximate surface area is 95.4 Å². The molecule has 0 aliphatic carbocycles. The van der Waals surface area contributed by atoms with Gasteiger partial charge in [-0.1, -0.05) is 6.92 Å². The van der Waals surface area contributed by atoms with Crippen molar-refractivity contribution in [2.45, 2.75) is 33.3 Å². The number of hydrogen-bond acceptors (Lipinski definition) is 3. The monoisotopic (exact) mass is 220 g/mol. The molecule has 0 amide bonds. The maximum absolute atomic E-state index is 11.3. The molecule has 0 N–H and O–H groups in total. The fourth-order valence-corrected chi connectivity index (χ4v) is 1.33. The van der Waals surface area contributed by atoms with Crippen molar-refractivity contribution in [3.8, 4) is 5.75 Å². The maximum atomic E-state index is 11.3. The highest BCUT2D eigenvalue weighted by atomic mass is 16.5. The number of carbonyl (C=O) groups is 2.